The van der Waals surface area contributed by atoms with E-state index < -0.39 is 0 Å². The summed E-state index contributed by atoms with van der Waals surface area (Å²) in [6.45, 7) is 1.21. The van der Waals surface area contributed by atoms with Crippen LogP contribution in [0.5, 0.6) is 6.01 Å². The maximum absolute atomic E-state index is 11.9. The minimum Gasteiger partial charge on any atom is -0.467 e. The normalized spacial score (nSPS) is 18.8. The highest BCUT2D eigenvalue weighted by molar-refractivity contribution is 5.92. The highest BCUT2D eigenvalue weighted by Gasteiger charge is 2.23. The van der Waals surface area contributed by atoms with Crippen LogP contribution in [0.1, 0.15) is 23.3 Å². The van der Waals surface area contributed by atoms with E-state index in [1.165, 1.54) is 19.4 Å². The van der Waals surface area contributed by atoms with Gasteiger partial charge >= 0.3 is 6.01 Å². The van der Waals surface area contributed by atoms with Gasteiger partial charge in [-0.05, 0) is 18.4 Å². The van der Waals surface area contributed by atoms with Crippen LogP contribution in [0, 0.1) is 5.92 Å². The van der Waals surface area contributed by atoms with Crippen molar-refractivity contribution in [3.63, 3.8) is 0 Å². The van der Waals surface area contributed by atoms with Gasteiger partial charge in [0, 0.05) is 32.8 Å². The van der Waals surface area contributed by atoms with E-state index in [1.807, 2.05) is 0 Å². The Labute approximate surface area is 117 Å². The molecule has 1 aliphatic rings. The molecule has 0 aliphatic carbocycles. The van der Waals surface area contributed by atoms with Crippen LogP contribution in [0.3, 0.4) is 0 Å². The maximum atomic E-state index is 11.9. The molecule has 2 heterocycles. The molecule has 0 bridgehead atoms. The molecule has 108 valence electrons. The lowest BCUT2D eigenvalue weighted by atomic mass is 9.96. The van der Waals surface area contributed by atoms with Crippen molar-refractivity contribution in [3.05, 3.63) is 18.0 Å². The molecule has 0 aromatic carbocycles. The molecule has 0 saturated carbocycles. The van der Waals surface area contributed by atoms with Gasteiger partial charge in [0.25, 0.3) is 5.91 Å². The molecule has 1 aromatic rings. The molecule has 1 atom stereocenters. The summed E-state index contributed by atoms with van der Waals surface area (Å²) in [5.74, 6) is 0.0302. The number of rotatable bonds is 4. The van der Waals surface area contributed by atoms with Crippen LogP contribution in [0.4, 0.5) is 0 Å². The Morgan fingerprint density at radius 3 is 3.10 bits per heavy atom. The minimum absolute atomic E-state index is 0.124. The first-order chi connectivity index (χ1) is 9.60. The predicted molar refractivity (Wildman–Crippen MR) is 71.3 cm³/mol. The number of methoxy groups -OCH3 is 1. The number of carbonyl (C=O) groups is 2. The Bertz CT molecular complexity index is 506. The zero-order valence-corrected chi connectivity index (χ0v) is 11.6. The standard InChI is InChI=1S/C13H18N4O3/c1-17-6-4-9(7-11(17)18)8-15-12(19)10-3-5-14-13(16-10)20-2/h3,5,9H,4,6-8H2,1-2H3,(H,15,19). The number of nitrogens with one attached hydrogen (secondary N) is 1. The fraction of sp³-hybridized carbons (Fsp3) is 0.538. The maximum Gasteiger partial charge on any atom is 0.316 e. The number of piperidine rings is 1. The average molecular weight is 278 g/mol. The lowest BCUT2D eigenvalue weighted by Gasteiger charge is -2.28. The van der Waals surface area contributed by atoms with Gasteiger partial charge < -0.3 is 15.0 Å². The number of ether oxygens (including phenoxy) is 1. The third-order valence-corrected chi connectivity index (χ3v) is 3.36. The van der Waals surface area contributed by atoms with Gasteiger partial charge in [0.15, 0.2) is 0 Å². The molecule has 1 saturated heterocycles. The quantitative estimate of drug-likeness (QED) is 0.843. The predicted octanol–water partition coefficient (Wildman–Crippen LogP) is 0.0834. The number of aromatic nitrogens is 2. The molecule has 7 heteroatoms. The highest BCUT2D eigenvalue weighted by Crippen LogP contribution is 2.16. The molecule has 2 rings (SSSR count). The van der Waals surface area contributed by atoms with Crippen molar-refractivity contribution in [3.8, 4) is 6.01 Å². The molecule has 1 aromatic heterocycles. The first-order valence-corrected chi connectivity index (χ1v) is 6.49. The third kappa shape index (κ3) is 3.43. The molecule has 1 fully saturated rings. The lowest BCUT2D eigenvalue weighted by Crippen LogP contribution is -2.40. The number of hydrogen-bond acceptors (Lipinski definition) is 5. The topological polar surface area (TPSA) is 84.4 Å². The first-order valence-electron chi connectivity index (χ1n) is 6.49. The van der Waals surface area contributed by atoms with Crippen LogP contribution >= 0.6 is 0 Å². The number of carbonyl (C=O) groups excluding carboxylic acids is 2. The second-order valence-electron chi connectivity index (χ2n) is 4.81. The molecule has 2 amide bonds. The van der Waals surface area contributed by atoms with Crippen molar-refractivity contribution in [2.45, 2.75) is 12.8 Å². The molecule has 20 heavy (non-hydrogen) atoms. The van der Waals surface area contributed by atoms with E-state index in [-0.39, 0.29) is 29.4 Å². The molecule has 0 radical (unpaired) electrons. The minimum atomic E-state index is -0.280. The van der Waals surface area contributed by atoms with Gasteiger partial charge in [0.2, 0.25) is 5.91 Å². The fourth-order valence-electron chi connectivity index (χ4n) is 2.07. The van der Waals surface area contributed by atoms with Gasteiger partial charge in [-0.15, -0.1) is 0 Å². The van der Waals surface area contributed by atoms with Crippen molar-refractivity contribution in [1.82, 2.24) is 20.2 Å². The summed E-state index contributed by atoms with van der Waals surface area (Å²) in [7, 11) is 3.24. The zero-order chi connectivity index (χ0) is 14.5. The van der Waals surface area contributed by atoms with E-state index in [0.717, 1.165) is 13.0 Å². The number of hydrogen-bond donors (Lipinski definition) is 1. The molecular formula is C13H18N4O3. The second kappa shape index (κ2) is 6.31. The Hall–Kier alpha value is -2.18. The van der Waals surface area contributed by atoms with Gasteiger partial charge in [-0.1, -0.05) is 0 Å². The van der Waals surface area contributed by atoms with Gasteiger partial charge in [-0.25, -0.2) is 4.98 Å². The van der Waals surface area contributed by atoms with Crippen LogP contribution in [0.15, 0.2) is 12.3 Å². The van der Waals surface area contributed by atoms with Crippen molar-refractivity contribution < 1.29 is 14.3 Å². The lowest BCUT2D eigenvalue weighted by molar-refractivity contribution is -0.133. The van der Waals surface area contributed by atoms with Gasteiger partial charge in [-0.2, -0.15) is 4.98 Å². The van der Waals surface area contributed by atoms with Crippen molar-refractivity contribution >= 4 is 11.8 Å². The Morgan fingerprint density at radius 2 is 2.40 bits per heavy atom. The molecular weight excluding hydrogens is 260 g/mol. The summed E-state index contributed by atoms with van der Waals surface area (Å²) >= 11 is 0. The summed E-state index contributed by atoms with van der Waals surface area (Å²) in [6.07, 6.45) is 2.85. The van der Waals surface area contributed by atoms with E-state index in [0.29, 0.717) is 13.0 Å². The Kier molecular flexibility index (Phi) is 4.49. The molecule has 7 nitrogen and oxygen atoms in total. The molecule has 1 unspecified atom stereocenters. The average Bonchev–Trinajstić information content (AvgIpc) is 2.48. The largest absolute Gasteiger partial charge is 0.467 e. The van der Waals surface area contributed by atoms with E-state index in [9.17, 15) is 9.59 Å². The van der Waals surface area contributed by atoms with E-state index in [1.54, 1.807) is 11.9 Å². The van der Waals surface area contributed by atoms with Crippen molar-refractivity contribution in [2.24, 2.45) is 5.92 Å². The van der Waals surface area contributed by atoms with Crippen LogP contribution in [-0.4, -0.2) is 53.9 Å². The Morgan fingerprint density at radius 1 is 1.60 bits per heavy atom. The second-order valence-corrected chi connectivity index (χ2v) is 4.81. The van der Waals surface area contributed by atoms with Crippen LogP contribution in [0.2, 0.25) is 0 Å². The Balaban J connectivity index is 1.87. The fourth-order valence-corrected chi connectivity index (χ4v) is 2.07. The van der Waals surface area contributed by atoms with E-state index >= 15 is 0 Å². The summed E-state index contributed by atoms with van der Waals surface area (Å²) in [6, 6.07) is 1.68. The number of nitrogens with zero attached hydrogens (tertiary/aromatic N) is 3. The monoisotopic (exact) mass is 278 g/mol. The summed E-state index contributed by atoms with van der Waals surface area (Å²) in [5, 5.41) is 2.80. The summed E-state index contributed by atoms with van der Waals surface area (Å²) in [5.41, 5.74) is 0.260. The van der Waals surface area contributed by atoms with E-state index in [2.05, 4.69) is 15.3 Å². The molecule has 0 spiro atoms. The summed E-state index contributed by atoms with van der Waals surface area (Å²) in [4.78, 5) is 33.1. The van der Waals surface area contributed by atoms with Crippen LogP contribution in [0.25, 0.3) is 0 Å². The van der Waals surface area contributed by atoms with Crippen molar-refractivity contribution in [1.29, 1.82) is 0 Å². The van der Waals surface area contributed by atoms with Crippen LogP contribution < -0.4 is 10.1 Å². The smallest absolute Gasteiger partial charge is 0.316 e. The highest BCUT2D eigenvalue weighted by atomic mass is 16.5. The van der Waals surface area contributed by atoms with Gasteiger partial charge in [0.05, 0.1) is 7.11 Å². The summed E-state index contributed by atoms with van der Waals surface area (Å²) < 4.78 is 4.87. The first kappa shape index (κ1) is 14.2. The van der Waals surface area contributed by atoms with E-state index in [4.69, 9.17) is 4.74 Å². The SMILES string of the molecule is COc1nccc(C(=O)NCC2CCN(C)C(=O)C2)n1. The van der Waals surface area contributed by atoms with Crippen LogP contribution in [-0.2, 0) is 4.79 Å². The number of likely N-dealkylation sites (tertiary alicyclic amines) is 1. The number of amides is 2. The van der Waals surface area contributed by atoms with Crippen molar-refractivity contribution in [2.75, 3.05) is 27.2 Å². The van der Waals surface area contributed by atoms with Gasteiger partial charge in [-0.3, -0.25) is 9.59 Å². The third-order valence-electron chi connectivity index (χ3n) is 3.36. The molecule has 1 N–H and O–H groups in total. The molecule has 1 aliphatic heterocycles. The zero-order valence-electron chi connectivity index (χ0n) is 11.6. The van der Waals surface area contributed by atoms with Gasteiger partial charge in [0.1, 0.15) is 5.69 Å².